The predicted molar refractivity (Wildman–Crippen MR) is 106 cm³/mol. The number of likely N-dealkylation sites (tertiary alicyclic amines) is 1. The molecular weight excluding hydrogens is 376 g/mol. The number of ether oxygens (including phenoxy) is 1. The van der Waals surface area contributed by atoms with E-state index in [1.54, 1.807) is 25.5 Å². The number of fused-ring (bicyclic) bond motifs is 1. The van der Waals surface area contributed by atoms with Crippen molar-refractivity contribution in [3.05, 3.63) is 53.1 Å². The Morgan fingerprint density at radius 1 is 1.21 bits per heavy atom. The molecule has 0 saturated carbocycles. The van der Waals surface area contributed by atoms with Crippen LogP contribution in [-0.2, 0) is 0 Å². The van der Waals surface area contributed by atoms with Crippen LogP contribution in [0.5, 0.6) is 11.6 Å². The van der Waals surface area contributed by atoms with Gasteiger partial charge in [-0.05, 0) is 55.8 Å². The zero-order chi connectivity index (χ0) is 19.1. The third-order valence-electron chi connectivity index (χ3n) is 5.10. The lowest BCUT2D eigenvalue weighted by atomic mass is 10.0. The summed E-state index contributed by atoms with van der Waals surface area (Å²) in [7, 11) is 1.67. The molecule has 1 unspecified atom stereocenters. The average molecular weight is 396 g/mol. The van der Waals surface area contributed by atoms with Gasteiger partial charge in [0, 0.05) is 0 Å². The molecule has 144 valence electrons. The number of aromatic nitrogens is 3. The quantitative estimate of drug-likeness (QED) is 0.550. The lowest BCUT2D eigenvalue weighted by molar-refractivity contribution is 0.276. The second-order valence-corrected chi connectivity index (χ2v) is 7.83. The smallest absolute Gasteiger partial charge is 0.230 e. The molecule has 1 N–H and O–H groups in total. The highest BCUT2D eigenvalue weighted by Crippen LogP contribution is 2.42. The summed E-state index contributed by atoms with van der Waals surface area (Å²) in [5.41, 5.74) is 1.09. The van der Waals surface area contributed by atoms with Gasteiger partial charge in [0.05, 0.1) is 24.3 Å². The van der Waals surface area contributed by atoms with E-state index in [1.165, 1.54) is 15.9 Å². The van der Waals surface area contributed by atoms with Crippen molar-refractivity contribution >= 4 is 16.3 Å². The molecule has 0 bridgehead atoms. The van der Waals surface area contributed by atoms with E-state index in [2.05, 4.69) is 21.0 Å². The molecule has 4 aromatic rings. The second kappa shape index (κ2) is 6.96. The minimum absolute atomic E-state index is 0.0573. The molecular formula is C20H20N4O3S. The van der Waals surface area contributed by atoms with Gasteiger partial charge in [0.15, 0.2) is 5.76 Å². The van der Waals surface area contributed by atoms with Crippen LogP contribution >= 0.6 is 11.3 Å². The first-order valence-electron chi connectivity index (χ1n) is 9.25. The number of thiazole rings is 1. The predicted octanol–water partition coefficient (Wildman–Crippen LogP) is 3.95. The van der Waals surface area contributed by atoms with Gasteiger partial charge in [-0.3, -0.25) is 4.90 Å². The number of hydrogen-bond donors (Lipinski definition) is 1. The third-order valence-corrected chi connectivity index (χ3v) is 6.18. The summed E-state index contributed by atoms with van der Waals surface area (Å²) in [4.78, 5) is 8.43. The van der Waals surface area contributed by atoms with Crippen LogP contribution in [0.2, 0.25) is 0 Å². The summed E-state index contributed by atoms with van der Waals surface area (Å²) in [6.07, 6.45) is 3.90. The van der Waals surface area contributed by atoms with E-state index in [4.69, 9.17) is 9.15 Å². The van der Waals surface area contributed by atoms with Crippen molar-refractivity contribution in [3.8, 4) is 23.2 Å². The highest BCUT2D eigenvalue weighted by atomic mass is 32.1. The maximum Gasteiger partial charge on any atom is 0.230 e. The van der Waals surface area contributed by atoms with Crippen LogP contribution in [-0.4, -0.2) is 44.8 Å². The Labute approximate surface area is 165 Å². The van der Waals surface area contributed by atoms with Crippen molar-refractivity contribution in [3.63, 3.8) is 0 Å². The molecule has 1 aromatic carbocycles. The van der Waals surface area contributed by atoms with Crippen molar-refractivity contribution in [2.75, 3.05) is 20.2 Å². The SMILES string of the molecule is COc1cccc(C(c2sc3nc(-c4ccco4)nn3c2O)N2CCCC2)c1. The number of hydrogen-bond acceptors (Lipinski definition) is 7. The van der Waals surface area contributed by atoms with Crippen molar-refractivity contribution in [2.24, 2.45) is 0 Å². The Morgan fingerprint density at radius 3 is 2.79 bits per heavy atom. The highest BCUT2D eigenvalue weighted by molar-refractivity contribution is 7.17. The van der Waals surface area contributed by atoms with Gasteiger partial charge in [0.2, 0.25) is 16.7 Å². The first-order valence-corrected chi connectivity index (χ1v) is 10.1. The van der Waals surface area contributed by atoms with Crippen LogP contribution in [0.25, 0.3) is 16.5 Å². The van der Waals surface area contributed by atoms with Gasteiger partial charge < -0.3 is 14.3 Å². The van der Waals surface area contributed by atoms with Crippen LogP contribution in [0.4, 0.5) is 0 Å². The molecule has 0 radical (unpaired) electrons. The number of methoxy groups -OCH3 is 1. The lowest BCUT2D eigenvalue weighted by Gasteiger charge is -2.27. The van der Waals surface area contributed by atoms with E-state index in [-0.39, 0.29) is 11.9 Å². The van der Waals surface area contributed by atoms with Gasteiger partial charge >= 0.3 is 0 Å². The highest BCUT2D eigenvalue weighted by Gasteiger charge is 2.31. The van der Waals surface area contributed by atoms with Crippen LogP contribution in [0.3, 0.4) is 0 Å². The molecule has 7 nitrogen and oxygen atoms in total. The van der Waals surface area contributed by atoms with Gasteiger partial charge in [0.25, 0.3) is 0 Å². The maximum absolute atomic E-state index is 11.0. The largest absolute Gasteiger partial charge is 0.497 e. The molecule has 1 fully saturated rings. The van der Waals surface area contributed by atoms with E-state index in [1.807, 2.05) is 18.2 Å². The molecule has 1 aliphatic heterocycles. The number of rotatable bonds is 5. The van der Waals surface area contributed by atoms with Gasteiger partial charge in [-0.25, -0.2) is 0 Å². The summed E-state index contributed by atoms with van der Waals surface area (Å²) in [5.74, 6) is 1.99. The first-order chi connectivity index (χ1) is 13.7. The summed E-state index contributed by atoms with van der Waals surface area (Å²) < 4.78 is 12.3. The Balaban J connectivity index is 1.61. The Morgan fingerprint density at radius 2 is 2.07 bits per heavy atom. The van der Waals surface area contributed by atoms with Crippen LogP contribution in [0.15, 0.2) is 47.1 Å². The van der Waals surface area contributed by atoms with Crippen LogP contribution in [0, 0.1) is 0 Å². The van der Waals surface area contributed by atoms with Gasteiger partial charge in [-0.2, -0.15) is 9.50 Å². The zero-order valence-electron chi connectivity index (χ0n) is 15.4. The fraction of sp³-hybridized carbons (Fsp3) is 0.300. The van der Waals surface area contributed by atoms with Crippen LogP contribution < -0.4 is 4.74 Å². The summed E-state index contributed by atoms with van der Waals surface area (Å²) in [5, 5.41) is 15.4. The van der Waals surface area contributed by atoms with Crippen molar-refractivity contribution in [1.29, 1.82) is 0 Å². The van der Waals surface area contributed by atoms with E-state index in [0.717, 1.165) is 42.1 Å². The molecule has 1 saturated heterocycles. The number of benzene rings is 1. The average Bonchev–Trinajstić information content (AvgIpc) is 3.50. The fourth-order valence-corrected chi connectivity index (χ4v) is 4.89. The standard InChI is InChI=1S/C20H20N4O3S/c1-26-14-7-4-6-13(12-14)16(23-9-2-3-10-23)17-19(25)24-20(28-17)21-18(22-24)15-8-5-11-27-15/h4-8,11-12,16,25H,2-3,9-10H2,1H3. The van der Waals surface area contributed by atoms with E-state index >= 15 is 0 Å². The van der Waals surface area contributed by atoms with E-state index in [9.17, 15) is 5.11 Å². The number of nitrogens with zero attached hydrogens (tertiary/aromatic N) is 4. The molecule has 0 spiro atoms. The van der Waals surface area contributed by atoms with Gasteiger partial charge in [-0.15, -0.1) is 5.10 Å². The van der Waals surface area contributed by atoms with Crippen molar-refractivity contribution < 1.29 is 14.3 Å². The molecule has 1 atom stereocenters. The monoisotopic (exact) mass is 396 g/mol. The molecule has 1 aliphatic rings. The third kappa shape index (κ3) is 2.85. The molecule has 8 heteroatoms. The maximum atomic E-state index is 11.0. The van der Waals surface area contributed by atoms with E-state index < -0.39 is 0 Å². The molecule has 0 amide bonds. The summed E-state index contributed by atoms with van der Waals surface area (Å²) in [6.45, 7) is 1.99. The van der Waals surface area contributed by atoms with Gasteiger partial charge in [0.1, 0.15) is 5.75 Å². The Bertz CT molecular complexity index is 1100. The van der Waals surface area contributed by atoms with Gasteiger partial charge in [-0.1, -0.05) is 23.5 Å². The van der Waals surface area contributed by atoms with E-state index in [0.29, 0.717) is 16.5 Å². The molecule has 3 aromatic heterocycles. The van der Waals surface area contributed by atoms with Crippen molar-refractivity contribution in [1.82, 2.24) is 19.5 Å². The molecule has 0 aliphatic carbocycles. The summed E-state index contributed by atoms with van der Waals surface area (Å²) in [6, 6.07) is 11.6. The molecule has 5 rings (SSSR count). The summed E-state index contributed by atoms with van der Waals surface area (Å²) >= 11 is 1.46. The Kier molecular flexibility index (Phi) is 4.29. The number of aromatic hydroxyl groups is 1. The molecule has 28 heavy (non-hydrogen) atoms. The minimum Gasteiger partial charge on any atom is -0.497 e. The molecule has 4 heterocycles. The van der Waals surface area contributed by atoms with Crippen LogP contribution in [0.1, 0.15) is 29.3 Å². The topological polar surface area (TPSA) is 76.0 Å². The number of furan rings is 1. The van der Waals surface area contributed by atoms with Crippen molar-refractivity contribution in [2.45, 2.75) is 18.9 Å². The fourth-order valence-electron chi connectivity index (χ4n) is 3.78. The minimum atomic E-state index is -0.0573. The second-order valence-electron chi connectivity index (χ2n) is 6.82. The lowest BCUT2D eigenvalue weighted by Crippen LogP contribution is -2.26. The first kappa shape index (κ1) is 17.3. The normalized spacial score (nSPS) is 16.0. The zero-order valence-corrected chi connectivity index (χ0v) is 16.2. The Hall–Kier alpha value is -2.84.